The van der Waals surface area contributed by atoms with E-state index in [0.29, 0.717) is 17.4 Å². The summed E-state index contributed by atoms with van der Waals surface area (Å²) in [6.07, 6.45) is -5.54. The molecule has 196 valence electrons. The molecule has 2 amide bonds. The Hall–Kier alpha value is -3.51. The molecule has 0 aliphatic heterocycles. The summed E-state index contributed by atoms with van der Waals surface area (Å²) in [6.45, 7) is 0.603. The van der Waals surface area contributed by atoms with Gasteiger partial charge in [0.15, 0.2) is 0 Å². The standard InChI is InChI=1S/C24H27F4N3O5/c1-14-3-6-17(19(25)9-14)10-29-22(34)20(12-36-18-7-4-16(11-32)5-8-18)31-23(35)21(15(2)33)30-13-24(26,27)28/h3-9,11,15,20-21,30,33H,10,12-13H2,1-2H3,(H,29,34)(H,31,35)/t15-,20+,21+/m1/s1. The molecule has 0 aliphatic rings. The smallest absolute Gasteiger partial charge is 0.401 e. The first-order chi connectivity index (χ1) is 16.9. The Morgan fingerprint density at radius 1 is 1.11 bits per heavy atom. The molecule has 0 spiro atoms. The minimum absolute atomic E-state index is 0.179. The summed E-state index contributed by atoms with van der Waals surface area (Å²) in [5, 5.41) is 16.5. The van der Waals surface area contributed by atoms with Gasteiger partial charge in [0.25, 0.3) is 0 Å². The first kappa shape index (κ1) is 28.7. The van der Waals surface area contributed by atoms with Crippen molar-refractivity contribution >= 4 is 18.1 Å². The highest BCUT2D eigenvalue weighted by molar-refractivity contribution is 5.90. The quantitative estimate of drug-likeness (QED) is 0.255. The third-order valence-corrected chi connectivity index (χ3v) is 5.01. The van der Waals surface area contributed by atoms with Crippen LogP contribution in [0.2, 0.25) is 0 Å². The predicted octanol–water partition coefficient (Wildman–Crippen LogP) is 2.03. The highest BCUT2D eigenvalue weighted by atomic mass is 19.4. The minimum atomic E-state index is -4.64. The molecule has 0 aromatic heterocycles. The van der Waals surface area contributed by atoms with Crippen LogP contribution in [-0.4, -0.2) is 60.7 Å². The van der Waals surface area contributed by atoms with Crippen LogP contribution in [0.5, 0.6) is 5.75 Å². The highest BCUT2D eigenvalue weighted by Gasteiger charge is 2.33. The third kappa shape index (κ3) is 9.27. The molecular formula is C24H27F4N3O5. The van der Waals surface area contributed by atoms with E-state index in [-0.39, 0.29) is 17.9 Å². The van der Waals surface area contributed by atoms with Crippen molar-refractivity contribution in [3.8, 4) is 5.75 Å². The molecule has 12 heteroatoms. The van der Waals surface area contributed by atoms with Crippen molar-refractivity contribution in [1.29, 1.82) is 0 Å². The summed E-state index contributed by atoms with van der Waals surface area (Å²) in [5.74, 6) is -2.17. The van der Waals surface area contributed by atoms with E-state index in [9.17, 15) is 37.1 Å². The van der Waals surface area contributed by atoms with Gasteiger partial charge >= 0.3 is 6.18 Å². The van der Waals surface area contributed by atoms with Crippen molar-refractivity contribution in [2.45, 2.75) is 44.8 Å². The Morgan fingerprint density at radius 2 is 1.78 bits per heavy atom. The molecule has 0 fully saturated rings. The number of ether oxygens (including phenoxy) is 1. The average molecular weight is 513 g/mol. The summed E-state index contributed by atoms with van der Waals surface area (Å²) in [5.41, 5.74) is 1.23. The number of benzene rings is 2. The number of aldehydes is 1. The fraction of sp³-hybridized carbons (Fsp3) is 0.375. The van der Waals surface area contributed by atoms with Crippen molar-refractivity contribution in [2.75, 3.05) is 13.2 Å². The number of carbonyl (C=O) groups excluding carboxylic acids is 3. The molecule has 8 nitrogen and oxygen atoms in total. The predicted molar refractivity (Wildman–Crippen MR) is 122 cm³/mol. The van der Waals surface area contributed by atoms with Crippen LogP contribution in [0.15, 0.2) is 42.5 Å². The largest absolute Gasteiger partial charge is 0.491 e. The Kier molecular flexibility index (Phi) is 10.4. The van der Waals surface area contributed by atoms with Gasteiger partial charge in [0.1, 0.15) is 36.5 Å². The second-order valence-corrected chi connectivity index (χ2v) is 8.09. The van der Waals surface area contributed by atoms with Crippen LogP contribution >= 0.6 is 0 Å². The van der Waals surface area contributed by atoms with Crippen LogP contribution in [0.25, 0.3) is 0 Å². The number of amides is 2. The number of nitrogens with one attached hydrogen (secondary N) is 3. The lowest BCUT2D eigenvalue weighted by Crippen LogP contribution is -2.58. The van der Waals surface area contributed by atoms with E-state index in [0.717, 1.165) is 6.92 Å². The van der Waals surface area contributed by atoms with Crippen molar-refractivity contribution < 1.29 is 41.8 Å². The van der Waals surface area contributed by atoms with Crippen LogP contribution < -0.4 is 20.7 Å². The molecule has 0 unspecified atom stereocenters. The molecule has 4 N–H and O–H groups in total. The van der Waals surface area contributed by atoms with Gasteiger partial charge in [-0.2, -0.15) is 13.2 Å². The number of aryl methyl sites for hydroxylation is 1. The molecule has 0 heterocycles. The topological polar surface area (TPSA) is 117 Å². The monoisotopic (exact) mass is 513 g/mol. The molecular weight excluding hydrogens is 486 g/mol. The lowest BCUT2D eigenvalue weighted by molar-refractivity contribution is -0.137. The van der Waals surface area contributed by atoms with Gasteiger partial charge in [-0.15, -0.1) is 0 Å². The maximum atomic E-state index is 14.1. The van der Waals surface area contributed by atoms with Crippen LogP contribution in [0.4, 0.5) is 17.6 Å². The maximum Gasteiger partial charge on any atom is 0.401 e. The Morgan fingerprint density at radius 3 is 2.33 bits per heavy atom. The van der Waals surface area contributed by atoms with E-state index in [1.54, 1.807) is 13.0 Å². The lowest BCUT2D eigenvalue weighted by atomic mass is 10.1. The van der Waals surface area contributed by atoms with E-state index in [2.05, 4.69) is 10.6 Å². The maximum absolute atomic E-state index is 14.1. The average Bonchev–Trinajstić information content (AvgIpc) is 2.80. The van der Waals surface area contributed by atoms with E-state index in [1.807, 2.05) is 5.32 Å². The number of alkyl halides is 3. The van der Waals surface area contributed by atoms with Crippen LogP contribution in [0.1, 0.15) is 28.4 Å². The number of rotatable bonds is 12. The number of aliphatic hydroxyl groups excluding tert-OH is 1. The van der Waals surface area contributed by atoms with Crippen molar-refractivity contribution in [2.24, 2.45) is 0 Å². The number of hydrogen-bond acceptors (Lipinski definition) is 6. The fourth-order valence-corrected chi connectivity index (χ4v) is 3.08. The summed E-state index contributed by atoms with van der Waals surface area (Å²) < 4.78 is 57.4. The molecule has 0 saturated carbocycles. The molecule has 0 aliphatic carbocycles. The Bertz CT molecular complexity index is 1050. The van der Waals surface area contributed by atoms with Gasteiger partial charge in [-0.05, 0) is 49.7 Å². The molecule has 36 heavy (non-hydrogen) atoms. The van der Waals surface area contributed by atoms with Gasteiger partial charge in [0, 0.05) is 17.7 Å². The van der Waals surface area contributed by atoms with Gasteiger partial charge in [-0.3, -0.25) is 19.7 Å². The van der Waals surface area contributed by atoms with Crippen LogP contribution in [0, 0.1) is 12.7 Å². The van der Waals surface area contributed by atoms with Crippen molar-refractivity contribution in [3.63, 3.8) is 0 Å². The number of aliphatic hydroxyl groups is 1. The fourth-order valence-electron chi connectivity index (χ4n) is 3.08. The molecule has 0 saturated heterocycles. The van der Waals surface area contributed by atoms with Gasteiger partial charge in [-0.25, -0.2) is 4.39 Å². The Balaban J connectivity index is 2.14. The third-order valence-electron chi connectivity index (χ3n) is 5.01. The number of hydrogen-bond donors (Lipinski definition) is 4. The molecule has 3 atom stereocenters. The van der Waals surface area contributed by atoms with E-state index in [4.69, 9.17) is 4.74 Å². The minimum Gasteiger partial charge on any atom is -0.491 e. The Labute approximate surface area is 205 Å². The number of halogens is 4. The van der Waals surface area contributed by atoms with Crippen molar-refractivity contribution in [3.05, 3.63) is 65.0 Å². The highest BCUT2D eigenvalue weighted by Crippen LogP contribution is 2.14. The lowest BCUT2D eigenvalue weighted by Gasteiger charge is -2.25. The van der Waals surface area contributed by atoms with Crippen LogP contribution in [-0.2, 0) is 16.1 Å². The zero-order chi connectivity index (χ0) is 26.9. The number of carbonyl (C=O) groups is 3. The van der Waals surface area contributed by atoms with E-state index in [1.165, 1.54) is 36.4 Å². The molecule has 2 aromatic rings. The van der Waals surface area contributed by atoms with Crippen LogP contribution in [0.3, 0.4) is 0 Å². The second kappa shape index (κ2) is 13.0. The second-order valence-electron chi connectivity index (χ2n) is 8.09. The zero-order valence-corrected chi connectivity index (χ0v) is 19.6. The van der Waals surface area contributed by atoms with E-state index >= 15 is 0 Å². The SMILES string of the molecule is Cc1ccc(CNC(=O)[C@H](COc2ccc(C=O)cc2)NC(=O)[C@@H](NCC(F)(F)F)[C@@H](C)O)c(F)c1. The molecule has 2 rings (SSSR count). The summed E-state index contributed by atoms with van der Waals surface area (Å²) in [6, 6.07) is 7.14. The first-order valence-corrected chi connectivity index (χ1v) is 10.9. The summed E-state index contributed by atoms with van der Waals surface area (Å²) >= 11 is 0. The zero-order valence-electron chi connectivity index (χ0n) is 19.6. The van der Waals surface area contributed by atoms with Gasteiger partial charge in [0.05, 0.1) is 12.6 Å². The van der Waals surface area contributed by atoms with Gasteiger partial charge in [0.2, 0.25) is 11.8 Å². The summed E-state index contributed by atoms with van der Waals surface area (Å²) in [7, 11) is 0. The molecule has 0 radical (unpaired) electrons. The first-order valence-electron chi connectivity index (χ1n) is 10.9. The molecule has 0 bridgehead atoms. The van der Waals surface area contributed by atoms with E-state index < -0.39 is 55.1 Å². The normalized spacial score (nSPS) is 13.9. The van der Waals surface area contributed by atoms with Crippen molar-refractivity contribution in [1.82, 2.24) is 16.0 Å². The van der Waals surface area contributed by atoms with Gasteiger partial charge in [-0.1, -0.05) is 12.1 Å². The molecule has 2 aromatic carbocycles. The summed E-state index contributed by atoms with van der Waals surface area (Å²) in [4.78, 5) is 36.3. The van der Waals surface area contributed by atoms with Gasteiger partial charge < -0.3 is 20.5 Å².